The van der Waals surface area contributed by atoms with Crippen LogP contribution in [0.4, 0.5) is 0 Å². The van der Waals surface area contributed by atoms with Gasteiger partial charge in [0.2, 0.25) is 0 Å². The summed E-state index contributed by atoms with van der Waals surface area (Å²) in [6.07, 6.45) is -0.595. The molecule has 0 aromatic heterocycles. The van der Waals surface area contributed by atoms with E-state index >= 15 is 0 Å². The third-order valence-corrected chi connectivity index (χ3v) is 4.66. The van der Waals surface area contributed by atoms with Crippen molar-refractivity contribution in [3.05, 3.63) is 64.7 Å². The fraction of sp³-hybridized carbons (Fsp3) is 0.263. The number of rotatable bonds is 8. The maximum atomic E-state index is 12.0. The second kappa shape index (κ2) is 9.97. The van der Waals surface area contributed by atoms with Crippen LogP contribution in [0.3, 0.4) is 0 Å². The van der Waals surface area contributed by atoms with Crippen LogP contribution >= 0.6 is 23.4 Å². The van der Waals surface area contributed by atoms with E-state index in [1.807, 2.05) is 24.3 Å². The third kappa shape index (κ3) is 6.33. The maximum absolute atomic E-state index is 12.0. The normalized spacial score (nSPS) is 11.4. The van der Waals surface area contributed by atoms with E-state index < -0.39 is 6.10 Å². The SMILES string of the molecule is CC(Oc1cccc(Cl)c1)C(=O)NCCSCc1ccccc1C#N. The Morgan fingerprint density at radius 1 is 1.32 bits per heavy atom. The Morgan fingerprint density at radius 2 is 2.12 bits per heavy atom. The molecule has 1 amide bonds. The highest BCUT2D eigenvalue weighted by Crippen LogP contribution is 2.18. The lowest BCUT2D eigenvalue weighted by Crippen LogP contribution is -2.37. The van der Waals surface area contributed by atoms with Gasteiger partial charge in [-0.2, -0.15) is 17.0 Å². The fourth-order valence-electron chi connectivity index (χ4n) is 2.13. The van der Waals surface area contributed by atoms with Crippen LogP contribution in [-0.2, 0) is 10.5 Å². The van der Waals surface area contributed by atoms with E-state index in [0.29, 0.717) is 22.9 Å². The van der Waals surface area contributed by atoms with Crippen molar-refractivity contribution in [2.45, 2.75) is 18.8 Å². The van der Waals surface area contributed by atoms with Gasteiger partial charge in [0, 0.05) is 23.1 Å². The number of nitriles is 1. The summed E-state index contributed by atoms with van der Waals surface area (Å²) in [6, 6.07) is 16.7. The summed E-state index contributed by atoms with van der Waals surface area (Å²) in [6.45, 7) is 2.24. The van der Waals surface area contributed by atoms with Crippen molar-refractivity contribution in [3.8, 4) is 11.8 Å². The summed E-state index contributed by atoms with van der Waals surface area (Å²) < 4.78 is 5.57. The second-order valence-corrected chi connectivity index (χ2v) is 6.87. The zero-order chi connectivity index (χ0) is 18.1. The topological polar surface area (TPSA) is 62.1 Å². The number of hydrogen-bond acceptors (Lipinski definition) is 4. The standard InChI is InChI=1S/C19H19ClN2O2S/c1-14(24-18-8-4-7-17(20)11-18)19(23)22-9-10-25-13-16-6-3-2-5-15(16)12-21/h2-8,11,14H,9-10,13H2,1H3,(H,22,23). The molecule has 0 saturated heterocycles. The Bertz CT molecular complexity index is 761. The van der Waals surface area contributed by atoms with Gasteiger partial charge in [-0.05, 0) is 36.8 Å². The molecule has 0 heterocycles. The van der Waals surface area contributed by atoms with Gasteiger partial charge >= 0.3 is 0 Å². The number of carbonyl (C=O) groups excluding carboxylic acids is 1. The van der Waals surface area contributed by atoms with Crippen molar-refractivity contribution in [2.75, 3.05) is 12.3 Å². The Kier molecular flexibility index (Phi) is 7.65. The minimum atomic E-state index is -0.595. The first-order chi connectivity index (χ1) is 12.1. The molecule has 4 nitrogen and oxygen atoms in total. The summed E-state index contributed by atoms with van der Waals surface area (Å²) in [4.78, 5) is 12.0. The van der Waals surface area contributed by atoms with Gasteiger partial charge in [-0.3, -0.25) is 4.79 Å². The molecule has 0 spiro atoms. The molecule has 1 unspecified atom stereocenters. The number of ether oxygens (including phenoxy) is 1. The van der Waals surface area contributed by atoms with Crippen LogP contribution in [-0.4, -0.2) is 24.3 Å². The predicted molar refractivity (Wildman–Crippen MR) is 102 cm³/mol. The first-order valence-corrected chi connectivity index (χ1v) is 9.39. The highest BCUT2D eigenvalue weighted by Gasteiger charge is 2.14. The predicted octanol–water partition coefficient (Wildman–Crippen LogP) is 4.03. The highest BCUT2D eigenvalue weighted by molar-refractivity contribution is 7.98. The molecule has 2 aromatic carbocycles. The molecular formula is C19H19ClN2O2S. The van der Waals surface area contributed by atoms with E-state index in [-0.39, 0.29) is 5.91 Å². The third-order valence-electron chi connectivity index (χ3n) is 3.42. The van der Waals surface area contributed by atoms with E-state index in [1.165, 1.54) is 0 Å². The number of nitrogens with one attached hydrogen (secondary N) is 1. The number of carbonyl (C=O) groups is 1. The Hall–Kier alpha value is -2.16. The van der Waals surface area contributed by atoms with Gasteiger partial charge in [-0.15, -0.1) is 0 Å². The lowest BCUT2D eigenvalue weighted by Gasteiger charge is -2.14. The van der Waals surface area contributed by atoms with Crippen LogP contribution < -0.4 is 10.1 Å². The highest BCUT2D eigenvalue weighted by atomic mass is 35.5. The molecule has 0 saturated carbocycles. The molecule has 0 bridgehead atoms. The van der Waals surface area contributed by atoms with Gasteiger partial charge in [0.05, 0.1) is 11.6 Å². The Labute approximate surface area is 157 Å². The van der Waals surface area contributed by atoms with Gasteiger partial charge in [-0.1, -0.05) is 35.9 Å². The maximum Gasteiger partial charge on any atom is 0.260 e. The summed E-state index contributed by atoms with van der Waals surface area (Å²) in [7, 11) is 0. The van der Waals surface area contributed by atoms with Crippen LogP contribution in [0.15, 0.2) is 48.5 Å². The van der Waals surface area contributed by atoms with Crippen LogP contribution in [0, 0.1) is 11.3 Å². The summed E-state index contributed by atoms with van der Waals surface area (Å²) in [5.41, 5.74) is 1.71. The van der Waals surface area contributed by atoms with Crippen LogP contribution in [0.5, 0.6) is 5.75 Å². The number of nitrogens with zero attached hydrogens (tertiary/aromatic N) is 1. The summed E-state index contributed by atoms with van der Waals surface area (Å²) in [5, 5.41) is 12.5. The fourth-order valence-corrected chi connectivity index (χ4v) is 3.17. The zero-order valence-electron chi connectivity index (χ0n) is 13.9. The number of amides is 1. The number of hydrogen-bond donors (Lipinski definition) is 1. The van der Waals surface area contributed by atoms with E-state index in [4.69, 9.17) is 21.6 Å². The van der Waals surface area contributed by atoms with Gasteiger partial charge < -0.3 is 10.1 Å². The average Bonchev–Trinajstić information content (AvgIpc) is 2.61. The van der Waals surface area contributed by atoms with Crippen molar-refractivity contribution < 1.29 is 9.53 Å². The lowest BCUT2D eigenvalue weighted by molar-refractivity contribution is -0.127. The zero-order valence-corrected chi connectivity index (χ0v) is 15.4. The van der Waals surface area contributed by atoms with E-state index in [0.717, 1.165) is 17.1 Å². The first kappa shape index (κ1) is 19.2. The molecule has 0 aliphatic rings. The molecule has 0 radical (unpaired) electrons. The van der Waals surface area contributed by atoms with E-state index in [1.54, 1.807) is 43.0 Å². The quantitative estimate of drug-likeness (QED) is 0.708. The molecule has 0 fully saturated rings. The molecule has 25 heavy (non-hydrogen) atoms. The monoisotopic (exact) mass is 374 g/mol. The second-order valence-electron chi connectivity index (χ2n) is 5.33. The molecule has 2 aromatic rings. The largest absolute Gasteiger partial charge is 0.481 e. The smallest absolute Gasteiger partial charge is 0.260 e. The van der Waals surface area contributed by atoms with Crippen molar-refractivity contribution in [2.24, 2.45) is 0 Å². The molecule has 2 rings (SSSR count). The lowest BCUT2D eigenvalue weighted by atomic mass is 10.1. The van der Waals surface area contributed by atoms with E-state index in [2.05, 4.69) is 11.4 Å². The van der Waals surface area contributed by atoms with E-state index in [9.17, 15) is 4.79 Å². The van der Waals surface area contributed by atoms with Crippen molar-refractivity contribution >= 4 is 29.3 Å². The number of thioether (sulfide) groups is 1. The van der Waals surface area contributed by atoms with Gasteiger partial charge in [-0.25, -0.2) is 0 Å². The van der Waals surface area contributed by atoms with Crippen LogP contribution in [0.25, 0.3) is 0 Å². The summed E-state index contributed by atoms with van der Waals surface area (Å²) >= 11 is 7.57. The molecule has 0 aliphatic carbocycles. The molecule has 130 valence electrons. The average molecular weight is 375 g/mol. The molecule has 6 heteroatoms. The van der Waals surface area contributed by atoms with Crippen molar-refractivity contribution in [1.82, 2.24) is 5.32 Å². The molecular weight excluding hydrogens is 356 g/mol. The minimum absolute atomic E-state index is 0.169. The molecule has 0 aliphatic heterocycles. The first-order valence-electron chi connectivity index (χ1n) is 7.86. The van der Waals surface area contributed by atoms with Crippen molar-refractivity contribution in [3.63, 3.8) is 0 Å². The van der Waals surface area contributed by atoms with Gasteiger partial charge in [0.25, 0.3) is 5.91 Å². The van der Waals surface area contributed by atoms with Crippen molar-refractivity contribution in [1.29, 1.82) is 5.26 Å². The minimum Gasteiger partial charge on any atom is -0.481 e. The van der Waals surface area contributed by atoms with Gasteiger partial charge in [0.1, 0.15) is 5.75 Å². The van der Waals surface area contributed by atoms with Crippen LogP contribution in [0.1, 0.15) is 18.1 Å². The van der Waals surface area contributed by atoms with Gasteiger partial charge in [0.15, 0.2) is 6.10 Å². The number of benzene rings is 2. The Morgan fingerprint density at radius 3 is 2.88 bits per heavy atom. The molecule has 1 N–H and O–H groups in total. The summed E-state index contributed by atoms with van der Waals surface area (Å²) in [5.74, 6) is 1.90. The Balaban J connectivity index is 1.69. The number of halogens is 1. The molecule has 1 atom stereocenters. The van der Waals surface area contributed by atoms with Crippen LogP contribution in [0.2, 0.25) is 5.02 Å².